The van der Waals surface area contributed by atoms with Gasteiger partial charge in [-0.2, -0.15) is 0 Å². The van der Waals surface area contributed by atoms with E-state index in [2.05, 4.69) is 57.3 Å². The third-order valence-corrected chi connectivity index (χ3v) is 2.77. The molecule has 96 valence electrons. The van der Waals surface area contributed by atoms with Crippen LogP contribution in [0.5, 0.6) is 5.75 Å². The average Bonchev–Trinajstić information content (AvgIpc) is 2.29. The second-order valence-electron chi connectivity index (χ2n) is 4.82. The zero-order valence-corrected chi connectivity index (χ0v) is 11.5. The van der Waals surface area contributed by atoms with Crippen molar-refractivity contribution in [1.29, 1.82) is 0 Å². The number of ether oxygens (including phenoxy) is 1. The van der Waals surface area contributed by atoms with E-state index in [1.54, 1.807) is 0 Å². The predicted octanol–water partition coefficient (Wildman–Crippen LogP) is 3.40. The van der Waals surface area contributed by atoms with Crippen molar-refractivity contribution in [3.63, 3.8) is 0 Å². The minimum absolute atomic E-state index is 0.258. The van der Waals surface area contributed by atoms with Gasteiger partial charge < -0.3 is 10.1 Å². The zero-order chi connectivity index (χ0) is 12.7. The summed E-state index contributed by atoms with van der Waals surface area (Å²) in [4.78, 5) is 0. The quantitative estimate of drug-likeness (QED) is 0.782. The van der Waals surface area contributed by atoms with Crippen molar-refractivity contribution in [3.8, 4) is 5.75 Å². The normalized spacial score (nSPS) is 12.8. The second kappa shape index (κ2) is 7.33. The van der Waals surface area contributed by atoms with Crippen LogP contribution in [0.1, 0.15) is 39.7 Å². The number of nitrogens with one attached hydrogen (secondary N) is 1. The highest BCUT2D eigenvalue weighted by atomic mass is 16.5. The molecule has 0 heterocycles. The molecular weight excluding hydrogens is 210 g/mol. The fraction of sp³-hybridized carbons (Fsp3) is 0.600. The number of hydrogen-bond donors (Lipinski definition) is 1. The van der Waals surface area contributed by atoms with Gasteiger partial charge in [-0.25, -0.2) is 0 Å². The number of rotatable bonds is 7. The predicted molar refractivity (Wildman–Crippen MR) is 73.7 cm³/mol. The number of hydrogen-bond acceptors (Lipinski definition) is 2. The summed E-state index contributed by atoms with van der Waals surface area (Å²) in [6.07, 6.45) is 2.37. The van der Waals surface area contributed by atoms with Gasteiger partial charge in [0.25, 0.3) is 0 Å². The van der Waals surface area contributed by atoms with E-state index in [9.17, 15) is 0 Å². The van der Waals surface area contributed by atoms with Crippen molar-refractivity contribution < 1.29 is 4.74 Å². The molecule has 0 aliphatic carbocycles. The van der Waals surface area contributed by atoms with Crippen LogP contribution in [0.15, 0.2) is 24.3 Å². The monoisotopic (exact) mass is 235 g/mol. The molecule has 0 saturated heterocycles. The van der Waals surface area contributed by atoms with Gasteiger partial charge in [-0.3, -0.25) is 0 Å². The first-order valence-electron chi connectivity index (χ1n) is 6.60. The molecule has 1 atom stereocenters. The molecule has 2 nitrogen and oxygen atoms in total. The summed E-state index contributed by atoms with van der Waals surface area (Å²) in [6, 6.07) is 8.94. The van der Waals surface area contributed by atoms with Gasteiger partial charge in [0.2, 0.25) is 0 Å². The van der Waals surface area contributed by atoms with Crippen LogP contribution in [0, 0.1) is 0 Å². The van der Waals surface area contributed by atoms with E-state index in [0.717, 1.165) is 25.1 Å². The molecule has 17 heavy (non-hydrogen) atoms. The first-order chi connectivity index (χ1) is 8.11. The largest absolute Gasteiger partial charge is 0.491 e. The molecule has 0 aromatic heterocycles. The fourth-order valence-electron chi connectivity index (χ4n) is 1.67. The molecule has 0 fully saturated rings. The molecule has 0 spiro atoms. The molecule has 1 N–H and O–H groups in total. The smallest absolute Gasteiger partial charge is 0.119 e. The number of benzene rings is 1. The van der Waals surface area contributed by atoms with Gasteiger partial charge in [-0.05, 0) is 44.0 Å². The zero-order valence-electron chi connectivity index (χ0n) is 11.5. The van der Waals surface area contributed by atoms with Crippen LogP contribution in [0.3, 0.4) is 0 Å². The van der Waals surface area contributed by atoms with Crippen molar-refractivity contribution in [2.24, 2.45) is 0 Å². The van der Waals surface area contributed by atoms with Crippen LogP contribution in [0.25, 0.3) is 0 Å². The highest BCUT2D eigenvalue weighted by Gasteiger charge is 2.04. The van der Waals surface area contributed by atoms with Gasteiger partial charge in [-0.15, -0.1) is 0 Å². The lowest BCUT2D eigenvalue weighted by atomic mass is 10.2. The van der Waals surface area contributed by atoms with Crippen molar-refractivity contribution in [2.45, 2.75) is 52.7 Å². The molecule has 0 aliphatic heterocycles. The third-order valence-electron chi connectivity index (χ3n) is 2.77. The second-order valence-corrected chi connectivity index (χ2v) is 4.82. The van der Waals surface area contributed by atoms with Crippen molar-refractivity contribution in [3.05, 3.63) is 29.8 Å². The standard InChI is InChI=1S/C15H25NO/c1-5-14-6-8-15(9-7-14)17-13(4)10-11-16-12(2)3/h6-9,12-13,16H,5,10-11H2,1-4H3. The molecule has 1 unspecified atom stereocenters. The maximum atomic E-state index is 5.86. The highest BCUT2D eigenvalue weighted by Crippen LogP contribution is 2.15. The van der Waals surface area contributed by atoms with E-state index in [1.165, 1.54) is 5.56 Å². The average molecular weight is 235 g/mol. The van der Waals surface area contributed by atoms with Crippen molar-refractivity contribution >= 4 is 0 Å². The topological polar surface area (TPSA) is 21.3 Å². The molecule has 0 amide bonds. The summed E-state index contributed by atoms with van der Waals surface area (Å²) < 4.78 is 5.86. The van der Waals surface area contributed by atoms with Crippen LogP contribution in [0.4, 0.5) is 0 Å². The Morgan fingerprint density at radius 2 is 1.76 bits per heavy atom. The molecule has 1 rings (SSSR count). The molecular formula is C15H25NO. The Morgan fingerprint density at radius 3 is 2.29 bits per heavy atom. The Kier molecular flexibility index (Phi) is 6.06. The van der Waals surface area contributed by atoms with Crippen molar-refractivity contribution in [2.75, 3.05) is 6.54 Å². The summed E-state index contributed by atoms with van der Waals surface area (Å²) in [5.41, 5.74) is 1.35. The lowest BCUT2D eigenvalue weighted by Crippen LogP contribution is -2.27. The van der Waals surface area contributed by atoms with Gasteiger partial charge >= 0.3 is 0 Å². The lowest BCUT2D eigenvalue weighted by Gasteiger charge is -2.16. The summed E-state index contributed by atoms with van der Waals surface area (Å²) >= 11 is 0. The van der Waals surface area contributed by atoms with E-state index in [0.29, 0.717) is 6.04 Å². The van der Waals surface area contributed by atoms with Crippen LogP contribution in [0.2, 0.25) is 0 Å². The maximum Gasteiger partial charge on any atom is 0.119 e. The molecule has 1 aromatic rings. The molecule has 0 radical (unpaired) electrons. The van der Waals surface area contributed by atoms with Crippen LogP contribution < -0.4 is 10.1 Å². The molecule has 0 aliphatic rings. The summed E-state index contributed by atoms with van der Waals surface area (Å²) in [6.45, 7) is 9.61. The van der Waals surface area contributed by atoms with E-state index < -0.39 is 0 Å². The Bertz CT molecular complexity index is 305. The maximum absolute atomic E-state index is 5.86. The minimum atomic E-state index is 0.258. The summed E-state index contributed by atoms with van der Waals surface area (Å²) in [7, 11) is 0. The van der Waals surface area contributed by atoms with Gasteiger partial charge in [0.05, 0.1) is 6.10 Å². The van der Waals surface area contributed by atoms with Gasteiger partial charge in [0.15, 0.2) is 0 Å². The van der Waals surface area contributed by atoms with Crippen LogP contribution in [-0.4, -0.2) is 18.7 Å². The summed E-state index contributed by atoms with van der Waals surface area (Å²) in [5.74, 6) is 0.972. The first kappa shape index (κ1) is 14.0. The Hall–Kier alpha value is -1.02. The van der Waals surface area contributed by atoms with Crippen LogP contribution >= 0.6 is 0 Å². The van der Waals surface area contributed by atoms with Gasteiger partial charge in [0, 0.05) is 6.04 Å². The first-order valence-corrected chi connectivity index (χ1v) is 6.60. The van der Waals surface area contributed by atoms with E-state index in [1.807, 2.05) is 0 Å². The molecule has 0 saturated carbocycles. The Balaban J connectivity index is 2.31. The Labute approximate surface area is 105 Å². The van der Waals surface area contributed by atoms with Gasteiger partial charge in [0.1, 0.15) is 5.75 Å². The third kappa shape index (κ3) is 5.73. The Morgan fingerprint density at radius 1 is 1.12 bits per heavy atom. The number of aryl methyl sites for hydroxylation is 1. The van der Waals surface area contributed by atoms with Crippen LogP contribution in [-0.2, 0) is 6.42 Å². The van der Waals surface area contributed by atoms with E-state index in [4.69, 9.17) is 4.74 Å². The fourth-order valence-corrected chi connectivity index (χ4v) is 1.67. The summed E-state index contributed by atoms with van der Waals surface area (Å²) in [5, 5.41) is 3.40. The van der Waals surface area contributed by atoms with E-state index >= 15 is 0 Å². The highest BCUT2D eigenvalue weighted by molar-refractivity contribution is 5.27. The molecule has 1 aromatic carbocycles. The minimum Gasteiger partial charge on any atom is -0.491 e. The van der Waals surface area contributed by atoms with E-state index in [-0.39, 0.29) is 6.10 Å². The molecule has 0 bridgehead atoms. The SMILES string of the molecule is CCc1ccc(OC(C)CCNC(C)C)cc1. The lowest BCUT2D eigenvalue weighted by molar-refractivity contribution is 0.209. The molecule has 2 heteroatoms. The van der Waals surface area contributed by atoms with Gasteiger partial charge in [-0.1, -0.05) is 32.9 Å². The van der Waals surface area contributed by atoms with Crippen molar-refractivity contribution in [1.82, 2.24) is 5.32 Å².